The van der Waals surface area contributed by atoms with E-state index in [1.54, 1.807) is 48.5 Å². The molecule has 0 radical (unpaired) electrons. The lowest BCUT2D eigenvalue weighted by Gasteiger charge is -2.23. The Hall–Kier alpha value is -4.01. The summed E-state index contributed by atoms with van der Waals surface area (Å²) in [5.41, 5.74) is 0.811. The van der Waals surface area contributed by atoms with Gasteiger partial charge in [0.15, 0.2) is 6.61 Å². The predicted molar refractivity (Wildman–Crippen MR) is 129 cm³/mol. The molecule has 1 N–H and O–H groups in total. The van der Waals surface area contributed by atoms with Crippen LogP contribution in [0.3, 0.4) is 0 Å². The first kappa shape index (κ1) is 26.6. The number of anilines is 1. The Morgan fingerprint density at radius 1 is 0.972 bits per heavy atom. The summed E-state index contributed by atoms with van der Waals surface area (Å²) >= 11 is 0. The molecule has 190 valence electrons. The lowest BCUT2D eigenvalue weighted by atomic mass is 9.99. The number of benzene rings is 3. The van der Waals surface area contributed by atoms with E-state index in [2.05, 4.69) is 0 Å². The van der Waals surface area contributed by atoms with E-state index in [-0.39, 0.29) is 24.5 Å². The zero-order valence-corrected chi connectivity index (χ0v) is 19.6. The minimum atomic E-state index is -4.59. The molecule has 0 saturated carbocycles. The molecule has 9 heteroatoms. The Kier molecular flexibility index (Phi) is 8.94. The molecule has 0 atom stereocenters. The molecule has 1 amide bonds. The van der Waals surface area contributed by atoms with Gasteiger partial charge < -0.3 is 14.6 Å². The number of halogens is 3. The number of alkyl halides is 3. The lowest BCUT2D eigenvalue weighted by Crippen LogP contribution is -2.31. The van der Waals surface area contributed by atoms with Crippen molar-refractivity contribution in [1.29, 1.82) is 0 Å². The van der Waals surface area contributed by atoms with Crippen LogP contribution in [-0.4, -0.2) is 30.4 Å². The molecule has 0 bridgehead atoms. The second-order valence-corrected chi connectivity index (χ2v) is 7.98. The number of hydrogen-bond acceptors (Lipinski definition) is 4. The molecule has 0 aliphatic carbocycles. The van der Waals surface area contributed by atoms with Gasteiger partial charge in [0.05, 0.1) is 18.7 Å². The Bertz CT molecular complexity index is 1180. The molecule has 0 saturated heterocycles. The maximum absolute atomic E-state index is 13.4. The van der Waals surface area contributed by atoms with E-state index < -0.39 is 30.4 Å². The number of aliphatic carboxylic acids is 1. The summed E-state index contributed by atoms with van der Waals surface area (Å²) in [7, 11) is 0. The van der Waals surface area contributed by atoms with E-state index in [1.165, 1.54) is 4.90 Å². The molecule has 0 fully saturated rings. The maximum Gasteiger partial charge on any atom is 0.416 e. The van der Waals surface area contributed by atoms with Crippen molar-refractivity contribution in [3.63, 3.8) is 0 Å². The molecule has 0 aliphatic heterocycles. The number of carboxylic acid groups (broad SMARTS) is 1. The highest BCUT2D eigenvalue weighted by atomic mass is 19.4. The summed E-state index contributed by atoms with van der Waals surface area (Å²) in [6.45, 7) is 1.65. The molecule has 0 aromatic heterocycles. The lowest BCUT2D eigenvalue weighted by molar-refractivity contribution is -0.140. The van der Waals surface area contributed by atoms with E-state index in [4.69, 9.17) is 14.6 Å². The second kappa shape index (κ2) is 12.1. The first-order valence-electron chi connectivity index (χ1n) is 11.3. The second-order valence-electron chi connectivity index (χ2n) is 7.98. The average molecular weight is 502 g/mol. The van der Waals surface area contributed by atoms with Crippen molar-refractivity contribution >= 4 is 17.7 Å². The van der Waals surface area contributed by atoms with E-state index in [9.17, 15) is 22.8 Å². The van der Waals surface area contributed by atoms with Gasteiger partial charge in [-0.25, -0.2) is 9.59 Å². The number of hydrogen-bond donors (Lipinski definition) is 1. The third kappa shape index (κ3) is 7.24. The van der Waals surface area contributed by atoms with Crippen molar-refractivity contribution in [1.82, 2.24) is 0 Å². The molecule has 3 rings (SSSR count). The number of carboxylic acids is 1. The Morgan fingerprint density at radius 2 is 1.72 bits per heavy atom. The van der Waals surface area contributed by atoms with Gasteiger partial charge in [0, 0.05) is 11.3 Å². The van der Waals surface area contributed by atoms with Gasteiger partial charge in [-0.1, -0.05) is 49.7 Å². The fraction of sp³-hybridized carbons (Fsp3) is 0.259. The topological polar surface area (TPSA) is 76.1 Å². The van der Waals surface area contributed by atoms with E-state index in [1.807, 2.05) is 13.0 Å². The summed E-state index contributed by atoms with van der Waals surface area (Å²) < 4.78 is 50.8. The highest BCUT2D eigenvalue weighted by Gasteiger charge is 2.31. The van der Waals surface area contributed by atoms with Crippen LogP contribution in [0.15, 0.2) is 72.8 Å². The Labute approximate surface area is 206 Å². The van der Waals surface area contributed by atoms with Gasteiger partial charge in [-0.3, -0.25) is 4.90 Å². The van der Waals surface area contributed by atoms with E-state index in [0.717, 1.165) is 31.0 Å². The quantitative estimate of drug-likeness (QED) is 0.310. The van der Waals surface area contributed by atoms with Crippen molar-refractivity contribution in [3.05, 3.63) is 83.9 Å². The summed E-state index contributed by atoms with van der Waals surface area (Å²) in [5.74, 6) is -1.25. The van der Waals surface area contributed by atoms with Crippen molar-refractivity contribution in [2.45, 2.75) is 32.5 Å². The molecule has 0 aliphatic rings. The highest BCUT2D eigenvalue weighted by Crippen LogP contribution is 2.37. The van der Waals surface area contributed by atoms with Crippen LogP contribution < -0.4 is 9.64 Å². The number of amides is 1. The first-order chi connectivity index (χ1) is 17.2. The molecule has 0 unspecified atom stereocenters. The normalized spacial score (nSPS) is 11.1. The van der Waals surface area contributed by atoms with Crippen LogP contribution >= 0.6 is 0 Å². The summed E-state index contributed by atoms with van der Waals surface area (Å²) in [5, 5.41) is 8.95. The van der Waals surface area contributed by atoms with Crippen LogP contribution in [0, 0.1) is 0 Å². The zero-order chi connectivity index (χ0) is 26.1. The fourth-order valence-electron chi connectivity index (χ4n) is 3.47. The van der Waals surface area contributed by atoms with Crippen LogP contribution in [0.5, 0.6) is 5.75 Å². The van der Waals surface area contributed by atoms with Crippen LogP contribution in [0.2, 0.25) is 0 Å². The van der Waals surface area contributed by atoms with E-state index in [0.29, 0.717) is 16.8 Å². The van der Waals surface area contributed by atoms with Crippen molar-refractivity contribution < 1.29 is 37.3 Å². The zero-order valence-electron chi connectivity index (χ0n) is 19.6. The van der Waals surface area contributed by atoms with Gasteiger partial charge in [-0.05, 0) is 53.9 Å². The number of rotatable bonds is 10. The number of unbranched alkanes of at least 4 members (excludes halogenated alkanes) is 1. The van der Waals surface area contributed by atoms with Gasteiger partial charge in [0.25, 0.3) is 0 Å². The van der Waals surface area contributed by atoms with Crippen LogP contribution in [0.25, 0.3) is 11.1 Å². The SMILES string of the molecule is CCCCOC(=O)N(Cc1cccc(-c2cc(C(F)(F)F)ccc2OCC(=O)O)c1)c1ccccc1. The molecule has 0 heterocycles. The minimum Gasteiger partial charge on any atom is -0.481 e. The average Bonchev–Trinajstić information content (AvgIpc) is 2.86. The number of carbonyl (C=O) groups excluding carboxylic acids is 1. The highest BCUT2D eigenvalue weighted by molar-refractivity contribution is 5.87. The molecular formula is C27H26F3NO5. The number of nitrogens with zero attached hydrogens (tertiary/aromatic N) is 1. The molecule has 36 heavy (non-hydrogen) atoms. The summed E-state index contributed by atoms with van der Waals surface area (Å²) in [4.78, 5) is 25.2. The number of para-hydroxylation sites is 1. The van der Waals surface area contributed by atoms with Crippen molar-refractivity contribution in [2.75, 3.05) is 18.1 Å². The Morgan fingerprint density at radius 3 is 2.39 bits per heavy atom. The summed E-state index contributed by atoms with van der Waals surface area (Å²) in [6, 6.07) is 18.4. The third-order valence-corrected chi connectivity index (χ3v) is 5.25. The van der Waals surface area contributed by atoms with Crippen molar-refractivity contribution in [2.24, 2.45) is 0 Å². The molecule has 0 spiro atoms. The standard InChI is InChI=1S/C27H26F3NO5/c1-2-3-14-35-26(34)31(22-10-5-4-6-11-22)17-19-8-7-9-20(15-19)23-16-21(27(28,29)30)12-13-24(23)36-18-25(32)33/h4-13,15-16H,2-3,14,17-18H2,1H3,(H,32,33). The third-order valence-electron chi connectivity index (χ3n) is 5.25. The van der Waals surface area contributed by atoms with Gasteiger partial charge in [-0.2, -0.15) is 13.2 Å². The molecule has 6 nitrogen and oxygen atoms in total. The van der Waals surface area contributed by atoms with Gasteiger partial charge in [-0.15, -0.1) is 0 Å². The van der Waals surface area contributed by atoms with Gasteiger partial charge >= 0.3 is 18.2 Å². The smallest absolute Gasteiger partial charge is 0.416 e. The molecule has 3 aromatic carbocycles. The maximum atomic E-state index is 13.4. The molecular weight excluding hydrogens is 475 g/mol. The number of ether oxygens (including phenoxy) is 2. The van der Waals surface area contributed by atoms with E-state index >= 15 is 0 Å². The fourth-order valence-corrected chi connectivity index (χ4v) is 3.47. The Balaban J connectivity index is 1.96. The minimum absolute atomic E-state index is 0.00133. The monoisotopic (exact) mass is 501 g/mol. The first-order valence-corrected chi connectivity index (χ1v) is 11.3. The van der Waals surface area contributed by atoms with Crippen molar-refractivity contribution in [3.8, 4) is 16.9 Å². The number of carbonyl (C=O) groups is 2. The van der Waals surface area contributed by atoms with Crippen LogP contribution in [0.4, 0.5) is 23.7 Å². The van der Waals surface area contributed by atoms with Gasteiger partial charge in [0.2, 0.25) is 0 Å². The van der Waals surface area contributed by atoms with Gasteiger partial charge in [0.1, 0.15) is 5.75 Å². The summed E-state index contributed by atoms with van der Waals surface area (Å²) in [6.07, 6.45) is -3.54. The van der Waals surface area contributed by atoms with Crippen LogP contribution in [-0.2, 0) is 22.3 Å². The molecule has 3 aromatic rings. The predicted octanol–water partition coefficient (Wildman–Crippen LogP) is 6.78. The van der Waals surface area contributed by atoms with Crippen LogP contribution in [0.1, 0.15) is 30.9 Å². The largest absolute Gasteiger partial charge is 0.481 e.